The van der Waals surface area contributed by atoms with E-state index in [1.165, 1.54) is 12.1 Å². The molecule has 144 valence electrons. The Bertz CT molecular complexity index is 846. The maximum Gasteiger partial charge on any atom is 0.430 e. The quantitative estimate of drug-likeness (QED) is 0.767. The van der Waals surface area contributed by atoms with Crippen LogP contribution in [0.15, 0.2) is 42.5 Å². The predicted octanol–water partition coefficient (Wildman–Crippen LogP) is 3.91. The summed E-state index contributed by atoms with van der Waals surface area (Å²) in [5.74, 6) is -2.95. The number of carbonyl (C=O) groups excluding carboxylic acids is 1. The summed E-state index contributed by atoms with van der Waals surface area (Å²) in [5, 5.41) is 12.1. The molecular formula is C19H16F5NO2. The summed E-state index contributed by atoms with van der Waals surface area (Å²) in [6, 6.07) is 7.06. The van der Waals surface area contributed by atoms with E-state index in [9.17, 15) is 31.9 Å². The molecule has 2 aromatic rings. The third-order valence-corrected chi connectivity index (χ3v) is 4.56. The van der Waals surface area contributed by atoms with Crippen LogP contribution in [0.5, 0.6) is 0 Å². The van der Waals surface area contributed by atoms with E-state index < -0.39 is 41.4 Å². The van der Waals surface area contributed by atoms with Crippen LogP contribution in [-0.2, 0) is 16.9 Å². The van der Waals surface area contributed by atoms with E-state index in [0.29, 0.717) is 30.2 Å². The zero-order valence-corrected chi connectivity index (χ0v) is 14.0. The molecule has 1 atom stereocenters. The third kappa shape index (κ3) is 3.80. The molecule has 8 heteroatoms. The van der Waals surface area contributed by atoms with E-state index >= 15 is 0 Å². The molecule has 2 N–H and O–H groups in total. The zero-order valence-electron chi connectivity index (χ0n) is 14.0. The van der Waals surface area contributed by atoms with Gasteiger partial charge in [0.2, 0.25) is 0 Å². The molecule has 0 radical (unpaired) electrons. The topological polar surface area (TPSA) is 49.3 Å². The second kappa shape index (κ2) is 6.92. The van der Waals surface area contributed by atoms with Crippen molar-refractivity contribution in [3.8, 4) is 0 Å². The third-order valence-electron chi connectivity index (χ3n) is 4.56. The Labute approximate surface area is 151 Å². The van der Waals surface area contributed by atoms with Gasteiger partial charge in [0, 0.05) is 17.7 Å². The van der Waals surface area contributed by atoms with Crippen LogP contribution in [0, 0.1) is 11.6 Å². The summed E-state index contributed by atoms with van der Waals surface area (Å²) in [4.78, 5) is 12.2. The van der Waals surface area contributed by atoms with Crippen molar-refractivity contribution in [1.29, 1.82) is 0 Å². The van der Waals surface area contributed by atoms with Crippen molar-refractivity contribution >= 4 is 5.91 Å². The number of alkyl halides is 3. The van der Waals surface area contributed by atoms with Crippen molar-refractivity contribution in [2.45, 2.75) is 37.1 Å². The Morgan fingerprint density at radius 2 is 1.70 bits per heavy atom. The maximum absolute atomic E-state index is 13.9. The van der Waals surface area contributed by atoms with E-state index in [2.05, 4.69) is 0 Å². The van der Waals surface area contributed by atoms with Gasteiger partial charge in [0.15, 0.2) is 0 Å². The van der Waals surface area contributed by atoms with Crippen molar-refractivity contribution in [3.63, 3.8) is 0 Å². The van der Waals surface area contributed by atoms with Crippen LogP contribution in [0.2, 0.25) is 0 Å². The molecule has 0 unspecified atom stereocenters. The first-order chi connectivity index (χ1) is 12.6. The molecule has 2 aromatic carbocycles. The van der Waals surface area contributed by atoms with Gasteiger partial charge in [-0.2, -0.15) is 13.2 Å². The minimum absolute atomic E-state index is 0.0244. The largest absolute Gasteiger partial charge is 0.430 e. The molecule has 0 aliphatic heterocycles. The fourth-order valence-electron chi connectivity index (χ4n) is 2.82. The summed E-state index contributed by atoms with van der Waals surface area (Å²) < 4.78 is 67.3. The van der Waals surface area contributed by atoms with Crippen LogP contribution in [-0.4, -0.2) is 17.2 Å². The molecule has 1 aliphatic carbocycles. The van der Waals surface area contributed by atoms with Crippen molar-refractivity contribution in [1.82, 2.24) is 5.32 Å². The highest BCUT2D eigenvalue weighted by Gasteiger charge is 2.60. The number of rotatable bonds is 5. The lowest BCUT2D eigenvalue weighted by Crippen LogP contribution is -2.54. The number of benzene rings is 2. The first kappa shape index (κ1) is 19.3. The van der Waals surface area contributed by atoms with Gasteiger partial charge in [0.25, 0.3) is 11.5 Å². The Morgan fingerprint density at radius 3 is 2.26 bits per heavy atom. The predicted molar refractivity (Wildman–Crippen MR) is 86.6 cm³/mol. The first-order valence-electron chi connectivity index (χ1n) is 8.24. The average Bonchev–Trinajstić information content (AvgIpc) is 3.44. The normalized spacial score (nSPS) is 16.7. The van der Waals surface area contributed by atoms with Crippen molar-refractivity contribution in [2.75, 3.05) is 0 Å². The lowest BCUT2D eigenvalue weighted by Gasteiger charge is -2.29. The minimum atomic E-state index is -5.36. The standard InChI is InChI=1S/C19H16F5NO2/c20-15-6-4-14(5-7-15)18(27,19(22,23)24)17(26)25-10-13-9-12(11-1-2-11)3-8-16(13)21/h3-9,11,27H,1-2,10H2,(H,25,26)/t18-/m1/s1. The van der Waals surface area contributed by atoms with E-state index in [-0.39, 0.29) is 5.56 Å². The number of aliphatic hydroxyl groups is 1. The van der Waals surface area contributed by atoms with Gasteiger partial charge in [-0.25, -0.2) is 8.78 Å². The Kier molecular flexibility index (Phi) is 4.94. The van der Waals surface area contributed by atoms with Gasteiger partial charge in [0.1, 0.15) is 11.6 Å². The van der Waals surface area contributed by atoms with Crippen LogP contribution in [0.3, 0.4) is 0 Å². The van der Waals surface area contributed by atoms with Gasteiger partial charge >= 0.3 is 6.18 Å². The Balaban J connectivity index is 1.83. The Hall–Kier alpha value is -2.48. The summed E-state index contributed by atoms with van der Waals surface area (Å²) >= 11 is 0. The molecule has 1 aliphatic rings. The van der Waals surface area contributed by atoms with Gasteiger partial charge in [-0.3, -0.25) is 4.79 Å². The van der Waals surface area contributed by atoms with Gasteiger partial charge in [0.05, 0.1) is 0 Å². The molecule has 27 heavy (non-hydrogen) atoms. The number of halogens is 5. The fourth-order valence-corrected chi connectivity index (χ4v) is 2.82. The van der Waals surface area contributed by atoms with Crippen LogP contribution in [0.25, 0.3) is 0 Å². The minimum Gasteiger partial charge on any atom is -0.369 e. The van der Waals surface area contributed by atoms with Crippen LogP contribution in [0.1, 0.15) is 35.4 Å². The van der Waals surface area contributed by atoms with E-state index in [1.807, 2.05) is 5.32 Å². The zero-order chi connectivity index (χ0) is 19.8. The van der Waals surface area contributed by atoms with Gasteiger partial charge < -0.3 is 10.4 Å². The van der Waals surface area contributed by atoms with Gasteiger partial charge in [-0.05, 0) is 42.5 Å². The van der Waals surface area contributed by atoms with Crippen LogP contribution < -0.4 is 5.32 Å². The SMILES string of the molecule is O=C(NCc1cc(C2CC2)ccc1F)[C@](O)(c1ccc(F)cc1)C(F)(F)F. The van der Waals surface area contributed by atoms with Crippen molar-refractivity contribution < 1.29 is 31.9 Å². The van der Waals surface area contributed by atoms with E-state index in [0.717, 1.165) is 18.4 Å². The highest BCUT2D eigenvalue weighted by Crippen LogP contribution is 2.41. The molecule has 1 amide bonds. The smallest absolute Gasteiger partial charge is 0.369 e. The lowest BCUT2D eigenvalue weighted by molar-refractivity contribution is -0.257. The summed E-state index contributed by atoms with van der Waals surface area (Å²) in [6.45, 7) is -0.523. The fraction of sp³-hybridized carbons (Fsp3) is 0.316. The second-order valence-electron chi connectivity index (χ2n) is 6.52. The van der Waals surface area contributed by atoms with Gasteiger partial charge in [-0.15, -0.1) is 0 Å². The number of nitrogens with one attached hydrogen (secondary N) is 1. The highest BCUT2D eigenvalue weighted by molar-refractivity contribution is 5.87. The maximum atomic E-state index is 13.9. The van der Waals surface area contributed by atoms with Crippen LogP contribution in [0.4, 0.5) is 22.0 Å². The van der Waals surface area contributed by atoms with Crippen molar-refractivity contribution in [2.24, 2.45) is 0 Å². The monoisotopic (exact) mass is 385 g/mol. The molecule has 0 saturated heterocycles. The molecular weight excluding hydrogens is 369 g/mol. The van der Waals surface area contributed by atoms with Crippen LogP contribution >= 0.6 is 0 Å². The van der Waals surface area contributed by atoms with Gasteiger partial charge in [-0.1, -0.05) is 24.3 Å². The molecule has 0 bridgehead atoms. The molecule has 3 nitrogen and oxygen atoms in total. The van der Waals surface area contributed by atoms with E-state index in [1.54, 1.807) is 6.07 Å². The second-order valence-corrected chi connectivity index (χ2v) is 6.52. The molecule has 0 aromatic heterocycles. The molecule has 1 fully saturated rings. The van der Waals surface area contributed by atoms with Crippen molar-refractivity contribution in [3.05, 3.63) is 70.8 Å². The molecule has 0 heterocycles. The summed E-state index contributed by atoms with van der Waals surface area (Å²) in [5.41, 5.74) is -3.84. The summed E-state index contributed by atoms with van der Waals surface area (Å²) in [6.07, 6.45) is -3.45. The first-order valence-corrected chi connectivity index (χ1v) is 8.24. The molecule has 3 rings (SSSR count). The summed E-state index contributed by atoms with van der Waals surface area (Å²) in [7, 11) is 0. The average molecular weight is 385 g/mol. The highest BCUT2D eigenvalue weighted by atomic mass is 19.4. The lowest BCUT2D eigenvalue weighted by atomic mass is 9.92. The number of carbonyl (C=O) groups is 1. The Morgan fingerprint density at radius 1 is 1.07 bits per heavy atom. The number of amides is 1. The number of hydrogen-bond donors (Lipinski definition) is 2. The molecule has 0 spiro atoms. The van der Waals surface area contributed by atoms with E-state index in [4.69, 9.17) is 0 Å². The number of hydrogen-bond acceptors (Lipinski definition) is 2. The molecule has 1 saturated carbocycles.